The second kappa shape index (κ2) is 9.11. The Labute approximate surface area is 185 Å². The molecule has 1 aromatic heterocycles. The van der Waals surface area contributed by atoms with Gasteiger partial charge >= 0.3 is 5.97 Å². The predicted octanol–water partition coefficient (Wildman–Crippen LogP) is 3.99. The average molecular weight is 453 g/mol. The van der Waals surface area contributed by atoms with E-state index >= 15 is 0 Å². The molecule has 4 rings (SSSR count). The number of carbonyl (C=O) groups excluding carboxylic acids is 2. The van der Waals surface area contributed by atoms with Gasteiger partial charge in [0.1, 0.15) is 0 Å². The molecule has 0 unspecified atom stereocenters. The molecule has 0 radical (unpaired) electrons. The molecule has 1 aliphatic heterocycles. The third-order valence-corrected chi connectivity index (χ3v) is 6.02. The van der Waals surface area contributed by atoms with Crippen molar-refractivity contribution in [1.82, 2.24) is 10.3 Å². The predicted molar refractivity (Wildman–Crippen MR) is 122 cm³/mol. The van der Waals surface area contributed by atoms with Gasteiger partial charge in [-0.25, -0.2) is 9.98 Å². The molecular formula is C21H16N4O4S2. The Kier molecular flexibility index (Phi) is 6.10. The van der Waals surface area contributed by atoms with Crippen LogP contribution < -0.4 is 10.6 Å². The second-order valence-corrected chi connectivity index (χ2v) is 8.58. The number of rotatable bonds is 6. The fourth-order valence-electron chi connectivity index (χ4n) is 2.84. The number of aliphatic carboxylic acids is 1. The lowest BCUT2D eigenvalue weighted by molar-refractivity contribution is -0.138. The van der Waals surface area contributed by atoms with E-state index < -0.39 is 11.9 Å². The Bertz CT molecular complexity index is 1240. The smallest absolute Gasteiger partial charge is 0.303 e. The van der Waals surface area contributed by atoms with E-state index in [1.165, 1.54) is 29.3 Å². The molecule has 0 spiro atoms. The van der Waals surface area contributed by atoms with Crippen LogP contribution in [0, 0.1) is 0 Å². The van der Waals surface area contributed by atoms with E-state index in [1.807, 2.05) is 42.5 Å². The lowest BCUT2D eigenvalue weighted by atomic mass is 10.1. The maximum absolute atomic E-state index is 12.4. The molecule has 2 aromatic carbocycles. The first-order chi connectivity index (χ1) is 15.0. The number of carbonyl (C=O) groups is 3. The summed E-state index contributed by atoms with van der Waals surface area (Å²) in [5.74, 6) is -1.72. The van der Waals surface area contributed by atoms with Gasteiger partial charge in [-0.2, -0.15) is 0 Å². The van der Waals surface area contributed by atoms with Crippen molar-refractivity contribution in [3.63, 3.8) is 0 Å². The zero-order chi connectivity index (χ0) is 21.8. The first kappa shape index (κ1) is 20.8. The molecule has 10 heteroatoms. The van der Waals surface area contributed by atoms with Crippen LogP contribution in [0.3, 0.4) is 0 Å². The summed E-state index contributed by atoms with van der Waals surface area (Å²) in [4.78, 5) is 44.5. The lowest BCUT2D eigenvalue weighted by Gasteiger charge is -2.02. The summed E-state index contributed by atoms with van der Waals surface area (Å²) in [7, 11) is 0. The molecule has 1 aliphatic rings. The van der Waals surface area contributed by atoms with Crippen molar-refractivity contribution in [3.05, 3.63) is 58.4 Å². The minimum Gasteiger partial charge on any atom is -0.481 e. The summed E-state index contributed by atoms with van der Waals surface area (Å²) < 4.78 is 0. The topological polar surface area (TPSA) is 121 Å². The fraction of sp³-hybridized carbons (Fsp3) is 0.0952. The van der Waals surface area contributed by atoms with Crippen molar-refractivity contribution in [2.45, 2.75) is 12.8 Å². The highest BCUT2D eigenvalue weighted by Gasteiger charge is 2.24. The minimum absolute atomic E-state index is 0.127. The van der Waals surface area contributed by atoms with Crippen LogP contribution in [0.5, 0.6) is 0 Å². The first-order valence-electron chi connectivity index (χ1n) is 9.23. The Balaban J connectivity index is 1.47. The fourth-order valence-corrected chi connectivity index (χ4v) is 4.51. The van der Waals surface area contributed by atoms with Crippen LogP contribution in [0.15, 0.2) is 58.6 Å². The van der Waals surface area contributed by atoms with Gasteiger partial charge < -0.3 is 15.7 Å². The van der Waals surface area contributed by atoms with Crippen molar-refractivity contribution in [2.24, 2.45) is 4.99 Å². The number of thiazole rings is 1. The van der Waals surface area contributed by atoms with Gasteiger partial charge in [-0.3, -0.25) is 14.4 Å². The number of aromatic nitrogens is 1. The Morgan fingerprint density at radius 3 is 2.81 bits per heavy atom. The molecule has 0 atom stereocenters. The van der Waals surface area contributed by atoms with E-state index in [4.69, 9.17) is 5.11 Å². The standard InChI is InChI=1S/C21H16N4O4S2/c26-17(8-9-18(27)28)24-20-22-11-13(30-20)10-16-19(29)25-21(31-16)23-15-7-3-5-12-4-1-2-6-14(12)15/h1-7,10-11H,8-9H2,(H,27,28)(H,22,24,26)(H,23,25,29). The SMILES string of the molecule is O=C(O)CCC(=O)Nc1ncc(C=C2SC(=Nc3cccc4ccccc34)NC2=O)s1. The number of amides is 2. The quantitative estimate of drug-likeness (QED) is 0.486. The van der Waals surface area contributed by atoms with E-state index in [0.29, 0.717) is 20.1 Å². The van der Waals surface area contributed by atoms with Crippen LogP contribution in [-0.4, -0.2) is 33.0 Å². The minimum atomic E-state index is -1.04. The normalized spacial score (nSPS) is 16.1. The van der Waals surface area contributed by atoms with Crippen LogP contribution in [0.2, 0.25) is 0 Å². The number of carboxylic acids is 1. The van der Waals surface area contributed by atoms with E-state index in [9.17, 15) is 14.4 Å². The third kappa shape index (κ3) is 5.16. The summed E-state index contributed by atoms with van der Waals surface area (Å²) in [6, 6.07) is 13.7. The molecule has 8 nitrogen and oxygen atoms in total. The lowest BCUT2D eigenvalue weighted by Crippen LogP contribution is -2.19. The maximum atomic E-state index is 12.4. The monoisotopic (exact) mass is 452 g/mol. The molecule has 1 saturated heterocycles. The molecule has 3 aromatic rings. The van der Waals surface area contributed by atoms with Crippen LogP contribution >= 0.6 is 23.1 Å². The molecule has 3 N–H and O–H groups in total. The van der Waals surface area contributed by atoms with Gasteiger partial charge in [0.25, 0.3) is 5.91 Å². The van der Waals surface area contributed by atoms with Gasteiger partial charge in [-0.1, -0.05) is 47.7 Å². The molecule has 0 aliphatic carbocycles. The maximum Gasteiger partial charge on any atom is 0.303 e. The number of anilines is 1. The number of hydrogen-bond donors (Lipinski definition) is 3. The Morgan fingerprint density at radius 2 is 1.97 bits per heavy atom. The summed E-state index contributed by atoms with van der Waals surface area (Å²) in [6.07, 6.45) is 2.84. The van der Waals surface area contributed by atoms with Gasteiger partial charge in [-0.15, -0.1) is 0 Å². The van der Waals surface area contributed by atoms with Crippen molar-refractivity contribution >= 4 is 73.7 Å². The van der Waals surface area contributed by atoms with Crippen molar-refractivity contribution in [3.8, 4) is 0 Å². The van der Waals surface area contributed by atoms with Crippen molar-refractivity contribution < 1.29 is 19.5 Å². The number of fused-ring (bicyclic) bond motifs is 1. The van der Waals surface area contributed by atoms with Crippen LogP contribution in [0.25, 0.3) is 16.8 Å². The highest BCUT2D eigenvalue weighted by atomic mass is 32.2. The zero-order valence-corrected chi connectivity index (χ0v) is 17.6. The summed E-state index contributed by atoms with van der Waals surface area (Å²) in [6.45, 7) is 0. The summed E-state index contributed by atoms with van der Waals surface area (Å²) in [5, 5.41) is 16.8. The third-order valence-electron chi connectivity index (χ3n) is 4.25. The number of nitrogens with zero attached hydrogens (tertiary/aromatic N) is 2. The van der Waals surface area contributed by atoms with E-state index in [2.05, 4.69) is 20.6 Å². The van der Waals surface area contributed by atoms with Crippen LogP contribution in [-0.2, 0) is 14.4 Å². The summed E-state index contributed by atoms with van der Waals surface area (Å²) >= 11 is 2.42. The number of benzene rings is 2. The zero-order valence-electron chi connectivity index (χ0n) is 16.0. The highest BCUT2D eigenvalue weighted by molar-refractivity contribution is 8.18. The van der Waals surface area contributed by atoms with Crippen LogP contribution in [0.4, 0.5) is 10.8 Å². The van der Waals surface area contributed by atoms with Crippen molar-refractivity contribution in [2.75, 3.05) is 5.32 Å². The largest absolute Gasteiger partial charge is 0.481 e. The molecule has 156 valence electrons. The number of carboxylic acid groups (broad SMARTS) is 1. The Hall–Kier alpha value is -3.50. The number of nitrogens with one attached hydrogen (secondary N) is 2. The van der Waals surface area contributed by atoms with Gasteiger partial charge in [0.2, 0.25) is 5.91 Å². The number of aliphatic imine (C=N–C) groups is 1. The number of amidine groups is 1. The first-order valence-corrected chi connectivity index (χ1v) is 10.9. The molecule has 1 fully saturated rings. The van der Waals surface area contributed by atoms with Crippen LogP contribution in [0.1, 0.15) is 17.7 Å². The van der Waals surface area contributed by atoms with Gasteiger partial charge in [0, 0.05) is 18.0 Å². The molecule has 2 amide bonds. The van der Waals surface area contributed by atoms with E-state index in [-0.39, 0.29) is 18.7 Å². The second-order valence-electron chi connectivity index (χ2n) is 6.49. The molecular weight excluding hydrogens is 436 g/mol. The average Bonchev–Trinajstić information content (AvgIpc) is 3.33. The summed E-state index contributed by atoms with van der Waals surface area (Å²) in [5.41, 5.74) is 0.770. The van der Waals surface area contributed by atoms with Crippen molar-refractivity contribution in [1.29, 1.82) is 0 Å². The molecule has 0 bridgehead atoms. The van der Waals surface area contributed by atoms with Gasteiger partial charge in [0.05, 0.1) is 21.9 Å². The van der Waals surface area contributed by atoms with E-state index in [1.54, 1.807) is 6.08 Å². The molecule has 0 saturated carbocycles. The van der Waals surface area contributed by atoms with E-state index in [0.717, 1.165) is 16.5 Å². The Morgan fingerprint density at radius 1 is 1.16 bits per heavy atom. The highest BCUT2D eigenvalue weighted by Crippen LogP contribution is 2.32. The number of thioether (sulfide) groups is 1. The van der Waals surface area contributed by atoms with Gasteiger partial charge in [-0.05, 0) is 29.3 Å². The van der Waals surface area contributed by atoms with Gasteiger partial charge in [0.15, 0.2) is 10.3 Å². The number of hydrogen-bond acceptors (Lipinski definition) is 7. The molecule has 31 heavy (non-hydrogen) atoms. The molecule has 2 heterocycles.